The van der Waals surface area contributed by atoms with Gasteiger partial charge in [-0.1, -0.05) is 49.1 Å². The van der Waals surface area contributed by atoms with Crippen molar-refractivity contribution >= 4 is 29.6 Å². The molecule has 2 rings (SSSR count). The monoisotopic (exact) mass is 360 g/mol. The zero-order valence-corrected chi connectivity index (χ0v) is 15.0. The Hall–Kier alpha value is -2.32. The van der Waals surface area contributed by atoms with Crippen LogP contribution in [-0.4, -0.2) is 36.0 Å². The fraction of sp³-hybridized carbons (Fsp3) is 0.421. The number of likely N-dealkylation sites (N-methyl/N-ethyl adjacent to an activating group) is 1. The highest BCUT2D eigenvalue weighted by Gasteiger charge is 2.38. The fourth-order valence-electron chi connectivity index (χ4n) is 2.94. The van der Waals surface area contributed by atoms with Crippen molar-refractivity contribution in [1.82, 2.24) is 4.90 Å². The van der Waals surface area contributed by atoms with E-state index in [-0.39, 0.29) is 12.5 Å². The lowest BCUT2D eigenvalue weighted by Gasteiger charge is -2.38. The lowest BCUT2D eigenvalue weighted by Crippen LogP contribution is -2.51. The van der Waals surface area contributed by atoms with Gasteiger partial charge in [0.05, 0.1) is 6.07 Å². The Labute approximate surface area is 152 Å². The molecular formula is C19H21ClN2O3. The van der Waals surface area contributed by atoms with Gasteiger partial charge in [0.1, 0.15) is 5.54 Å². The molecule has 1 aliphatic rings. The van der Waals surface area contributed by atoms with Gasteiger partial charge in [-0.15, -0.1) is 0 Å². The van der Waals surface area contributed by atoms with E-state index in [9.17, 15) is 14.9 Å². The first-order valence-corrected chi connectivity index (χ1v) is 8.63. The van der Waals surface area contributed by atoms with E-state index in [1.165, 1.54) is 17.1 Å². The molecule has 0 N–H and O–H groups in total. The molecule has 5 nitrogen and oxygen atoms in total. The van der Waals surface area contributed by atoms with E-state index in [0.29, 0.717) is 23.4 Å². The number of carbonyl (C=O) groups is 2. The van der Waals surface area contributed by atoms with Gasteiger partial charge in [-0.3, -0.25) is 4.79 Å². The standard InChI is InChI=1S/C19H21ClN2O3/c1-22(19(14-21)11-5-2-6-12-19)17(23)13-25-18(24)10-9-15-7-3-4-8-16(15)20/h3-4,7-10H,2,5-6,11-13H2,1H3/b10-9+. The van der Waals surface area contributed by atoms with E-state index in [4.69, 9.17) is 16.3 Å². The molecule has 1 aliphatic carbocycles. The molecule has 6 heteroatoms. The highest BCUT2D eigenvalue weighted by molar-refractivity contribution is 6.32. The van der Waals surface area contributed by atoms with Gasteiger partial charge in [-0.25, -0.2) is 4.79 Å². The van der Waals surface area contributed by atoms with Crippen LogP contribution < -0.4 is 0 Å². The van der Waals surface area contributed by atoms with Crippen LogP contribution in [0.5, 0.6) is 0 Å². The van der Waals surface area contributed by atoms with Crippen LogP contribution in [0.25, 0.3) is 6.08 Å². The van der Waals surface area contributed by atoms with Gasteiger partial charge in [0, 0.05) is 18.1 Å². The van der Waals surface area contributed by atoms with Crippen molar-refractivity contribution in [3.05, 3.63) is 40.9 Å². The van der Waals surface area contributed by atoms with Crippen molar-refractivity contribution in [2.24, 2.45) is 0 Å². The molecule has 0 unspecified atom stereocenters. The van der Waals surface area contributed by atoms with Gasteiger partial charge in [0.2, 0.25) is 0 Å². The molecule has 25 heavy (non-hydrogen) atoms. The molecule has 0 atom stereocenters. The number of ether oxygens (including phenoxy) is 1. The van der Waals surface area contributed by atoms with Crippen molar-refractivity contribution < 1.29 is 14.3 Å². The van der Waals surface area contributed by atoms with E-state index in [1.807, 2.05) is 0 Å². The normalized spacial score (nSPS) is 16.2. The number of amides is 1. The van der Waals surface area contributed by atoms with E-state index in [1.54, 1.807) is 31.3 Å². The van der Waals surface area contributed by atoms with Gasteiger partial charge < -0.3 is 9.64 Å². The summed E-state index contributed by atoms with van der Waals surface area (Å²) in [6.45, 7) is -0.383. The molecule has 1 aromatic rings. The molecule has 132 valence electrons. The third-order valence-electron chi connectivity index (χ3n) is 4.55. The maximum Gasteiger partial charge on any atom is 0.331 e. The van der Waals surface area contributed by atoms with Crippen molar-refractivity contribution in [1.29, 1.82) is 5.26 Å². The van der Waals surface area contributed by atoms with Crippen LogP contribution in [0.2, 0.25) is 5.02 Å². The predicted molar refractivity (Wildman–Crippen MR) is 95.6 cm³/mol. The molecule has 0 bridgehead atoms. The van der Waals surface area contributed by atoms with Crippen molar-refractivity contribution in [3.8, 4) is 6.07 Å². The Bertz CT molecular complexity index is 703. The first-order valence-electron chi connectivity index (χ1n) is 8.26. The smallest absolute Gasteiger partial charge is 0.331 e. The van der Waals surface area contributed by atoms with Crippen molar-refractivity contribution in [3.63, 3.8) is 0 Å². The highest BCUT2D eigenvalue weighted by Crippen LogP contribution is 2.32. The molecule has 1 fully saturated rings. The van der Waals surface area contributed by atoms with E-state index in [2.05, 4.69) is 6.07 Å². The second-order valence-corrected chi connectivity index (χ2v) is 6.53. The predicted octanol–water partition coefficient (Wildman–Crippen LogP) is 3.58. The molecule has 0 aliphatic heterocycles. The molecule has 0 saturated heterocycles. The second kappa shape index (κ2) is 8.68. The Morgan fingerprint density at radius 2 is 2.00 bits per heavy atom. The summed E-state index contributed by atoms with van der Waals surface area (Å²) in [7, 11) is 1.60. The molecule has 1 aromatic carbocycles. The summed E-state index contributed by atoms with van der Waals surface area (Å²) in [5.74, 6) is -1.00. The van der Waals surface area contributed by atoms with Gasteiger partial charge in [0.15, 0.2) is 6.61 Å². The number of rotatable bonds is 5. The zero-order chi connectivity index (χ0) is 18.3. The van der Waals surface area contributed by atoms with Crippen LogP contribution >= 0.6 is 11.6 Å². The summed E-state index contributed by atoms with van der Waals surface area (Å²) in [5, 5.41) is 10.0. The molecule has 0 aromatic heterocycles. The van der Waals surface area contributed by atoms with Gasteiger partial charge in [-0.2, -0.15) is 5.26 Å². The lowest BCUT2D eigenvalue weighted by atomic mass is 9.81. The number of nitriles is 1. The summed E-state index contributed by atoms with van der Waals surface area (Å²) in [4.78, 5) is 25.5. The number of hydrogen-bond donors (Lipinski definition) is 0. The SMILES string of the molecule is CN(C(=O)COC(=O)/C=C/c1ccccc1Cl)C1(C#N)CCCCC1. The Morgan fingerprint density at radius 3 is 2.64 bits per heavy atom. The van der Waals surface area contributed by atoms with Crippen LogP contribution in [0, 0.1) is 11.3 Å². The third-order valence-corrected chi connectivity index (χ3v) is 4.89. The van der Waals surface area contributed by atoms with Gasteiger partial charge >= 0.3 is 5.97 Å². The molecule has 1 amide bonds. The third kappa shape index (κ3) is 4.83. The minimum Gasteiger partial charge on any atom is -0.452 e. The van der Waals surface area contributed by atoms with Crippen molar-refractivity contribution in [2.45, 2.75) is 37.6 Å². The number of esters is 1. The number of nitrogens with zero attached hydrogens (tertiary/aromatic N) is 2. The van der Waals surface area contributed by atoms with Gasteiger partial charge in [0.25, 0.3) is 5.91 Å². The average molecular weight is 361 g/mol. The highest BCUT2D eigenvalue weighted by atomic mass is 35.5. The minimum atomic E-state index is -0.783. The quantitative estimate of drug-likeness (QED) is 0.594. The maximum atomic E-state index is 12.3. The summed E-state index contributed by atoms with van der Waals surface area (Å²) < 4.78 is 5.00. The molecule has 0 heterocycles. The number of halogens is 1. The first kappa shape index (κ1) is 19.0. The summed E-state index contributed by atoms with van der Waals surface area (Å²) in [6, 6.07) is 9.36. The summed E-state index contributed by atoms with van der Waals surface area (Å²) in [5.41, 5.74) is -0.0926. The Morgan fingerprint density at radius 1 is 1.32 bits per heavy atom. The van der Waals surface area contributed by atoms with E-state index < -0.39 is 11.5 Å². The number of carbonyl (C=O) groups excluding carboxylic acids is 2. The second-order valence-electron chi connectivity index (χ2n) is 6.12. The number of benzene rings is 1. The lowest BCUT2D eigenvalue weighted by molar-refractivity contribution is -0.150. The van der Waals surface area contributed by atoms with Crippen molar-refractivity contribution in [2.75, 3.05) is 13.7 Å². The molecule has 0 spiro atoms. The van der Waals surface area contributed by atoms with E-state index >= 15 is 0 Å². The van der Waals surface area contributed by atoms with Crippen LogP contribution in [0.4, 0.5) is 0 Å². The number of hydrogen-bond acceptors (Lipinski definition) is 4. The topological polar surface area (TPSA) is 70.4 Å². The molecule has 0 radical (unpaired) electrons. The Kier molecular flexibility index (Phi) is 6.60. The van der Waals surface area contributed by atoms with Crippen LogP contribution in [0.1, 0.15) is 37.7 Å². The first-order chi connectivity index (χ1) is 12.0. The average Bonchev–Trinajstić information content (AvgIpc) is 2.65. The minimum absolute atomic E-state index is 0.372. The Balaban J connectivity index is 1.89. The zero-order valence-electron chi connectivity index (χ0n) is 14.2. The summed E-state index contributed by atoms with van der Waals surface area (Å²) in [6.07, 6.45) is 7.01. The van der Waals surface area contributed by atoms with Crippen LogP contribution in [-0.2, 0) is 14.3 Å². The van der Waals surface area contributed by atoms with E-state index in [0.717, 1.165) is 19.3 Å². The van der Waals surface area contributed by atoms with Gasteiger partial charge in [-0.05, 0) is 30.5 Å². The van der Waals surface area contributed by atoms with Crippen LogP contribution in [0.15, 0.2) is 30.3 Å². The van der Waals surface area contributed by atoms with Crippen LogP contribution in [0.3, 0.4) is 0 Å². The molecule has 1 saturated carbocycles. The largest absolute Gasteiger partial charge is 0.452 e. The fourth-order valence-corrected chi connectivity index (χ4v) is 3.14. The summed E-state index contributed by atoms with van der Waals surface area (Å²) >= 11 is 6.00. The maximum absolute atomic E-state index is 12.3. The molecular weight excluding hydrogens is 340 g/mol.